The van der Waals surface area contributed by atoms with Crippen molar-refractivity contribution in [3.05, 3.63) is 28.8 Å². The fraction of sp³-hybridized carbons (Fsp3) is 0.647. The van der Waals surface area contributed by atoms with E-state index in [9.17, 15) is 10.2 Å². The number of rotatable bonds is 7. The highest BCUT2D eigenvalue weighted by atomic mass is 16.5. The molecule has 0 fully saturated rings. The van der Waals surface area contributed by atoms with Crippen LogP contribution in [0.5, 0.6) is 5.75 Å². The Balaban J connectivity index is 2.88. The average Bonchev–Trinajstić information content (AvgIpc) is 2.40. The maximum atomic E-state index is 9.81. The van der Waals surface area contributed by atoms with Gasteiger partial charge < -0.3 is 14.9 Å². The summed E-state index contributed by atoms with van der Waals surface area (Å²) in [5.41, 5.74) is 3.59. The van der Waals surface area contributed by atoms with Crippen LogP contribution >= 0.6 is 0 Å². The number of ether oxygens (including phenoxy) is 1. The molecule has 0 saturated carbocycles. The SMILES string of the molecule is CCCOc1ccc(C(C)CC(O)C(C)O)c(C)c1C. The molecule has 20 heavy (non-hydrogen) atoms. The van der Waals surface area contributed by atoms with Gasteiger partial charge in [-0.15, -0.1) is 0 Å². The van der Waals surface area contributed by atoms with E-state index in [1.165, 1.54) is 11.1 Å². The second kappa shape index (κ2) is 7.65. The minimum Gasteiger partial charge on any atom is -0.493 e. The van der Waals surface area contributed by atoms with E-state index in [0.29, 0.717) is 6.42 Å². The van der Waals surface area contributed by atoms with E-state index >= 15 is 0 Å². The minimum absolute atomic E-state index is 0.207. The molecule has 3 unspecified atom stereocenters. The molecule has 0 radical (unpaired) electrons. The molecule has 0 spiro atoms. The van der Waals surface area contributed by atoms with Crippen LogP contribution in [0.4, 0.5) is 0 Å². The van der Waals surface area contributed by atoms with Gasteiger partial charge in [0.05, 0.1) is 18.8 Å². The molecular formula is C17H28O3. The van der Waals surface area contributed by atoms with Gasteiger partial charge in [0.1, 0.15) is 5.75 Å². The minimum atomic E-state index is -0.689. The summed E-state index contributed by atoms with van der Waals surface area (Å²) in [6, 6.07) is 4.09. The topological polar surface area (TPSA) is 49.7 Å². The molecule has 0 aromatic heterocycles. The number of hydrogen-bond donors (Lipinski definition) is 2. The molecule has 0 amide bonds. The molecule has 3 nitrogen and oxygen atoms in total. The smallest absolute Gasteiger partial charge is 0.122 e. The fourth-order valence-electron chi connectivity index (χ4n) is 2.41. The van der Waals surface area contributed by atoms with Crippen LogP contribution < -0.4 is 4.74 Å². The van der Waals surface area contributed by atoms with E-state index in [0.717, 1.165) is 24.3 Å². The van der Waals surface area contributed by atoms with Gasteiger partial charge in [-0.1, -0.05) is 19.9 Å². The van der Waals surface area contributed by atoms with Crippen molar-refractivity contribution in [1.82, 2.24) is 0 Å². The first-order chi connectivity index (χ1) is 9.38. The lowest BCUT2D eigenvalue weighted by atomic mass is 9.88. The summed E-state index contributed by atoms with van der Waals surface area (Å²) >= 11 is 0. The van der Waals surface area contributed by atoms with Crippen LogP contribution in [0, 0.1) is 13.8 Å². The maximum absolute atomic E-state index is 9.81. The molecule has 0 heterocycles. The van der Waals surface area contributed by atoms with Crippen molar-refractivity contribution >= 4 is 0 Å². The molecule has 0 aliphatic rings. The van der Waals surface area contributed by atoms with Gasteiger partial charge in [-0.05, 0) is 62.3 Å². The molecule has 1 rings (SSSR count). The second-order valence-corrected chi connectivity index (χ2v) is 5.70. The molecule has 1 aromatic carbocycles. The van der Waals surface area contributed by atoms with Gasteiger partial charge in [-0.2, -0.15) is 0 Å². The number of benzene rings is 1. The van der Waals surface area contributed by atoms with Crippen LogP contribution in [0.1, 0.15) is 56.2 Å². The first-order valence-corrected chi connectivity index (χ1v) is 7.47. The van der Waals surface area contributed by atoms with Gasteiger partial charge in [-0.3, -0.25) is 0 Å². The van der Waals surface area contributed by atoms with E-state index < -0.39 is 12.2 Å². The molecule has 0 aliphatic heterocycles. The zero-order valence-electron chi connectivity index (χ0n) is 13.3. The summed E-state index contributed by atoms with van der Waals surface area (Å²) in [7, 11) is 0. The molecule has 3 heteroatoms. The predicted octanol–water partition coefficient (Wildman–Crippen LogP) is 3.33. The molecule has 3 atom stereocenters. The van der Waals surface area contributed by atoms with Gasteiger partial charge in [0.25, 0.3) is 0 Å². The van der Waals surface area contributed by atoms with Gasteiger partial charge in [0, 0.05) is 0 Å². The third-order valence-corrected chi connectivity index (χ3v) is 3.92. The first-order valence-electron chi connectivity index (χ1n) is 7.47. The van der Waals surface area contributed by atoms with Crippen molar-refractivity contribution in [2.75, 3.05) is 6.61 Å². The maximum Gasteiger partial charge on any atom is 0.122 e. The van der Waals surface area contributed by atoms with E-state index in [4.69, 9.17) is 4.74 Å². The monoisotopic (exact) mass is 280 g/mol. The van der Waals surface area contributed by atoms with Crippen molar-refractivity contribution in [3.8, 4) is 5.75 Å². The Morgan fingerprint density at radius 1 is 1.10 bits per heavy atom. The fourth-order valence-corrected chi connectivity index (χ4v) is 2.41. The summed E-state index contributed by atoms with van der Waals surface area (Å²) in [6.45, 7) is 10.7. The predicted molar refractivity (Wildman–Crippen MR) is 82.4 cm³/mol. The summed E-state index contributed by atoms with van der Waals surface area (Å²) in [5.74, 6) is 1.15. The lowest BCUT2D eigenvalue weighted by molar-refractivity contribution is 0.0227. The molecular weight excluding hydrogens is 252 g/mol. The highest BCUT2D eigenvalue weighted by Crippen LogP contribution is 2.31. The summed E-state index contributed by atoms with van der Waals surface area (Å²) in [6.07, 6.45) is 0.191. The third-order valence-electron chi connectivity index (χ3n) is 3.92. The van der Waals surface area contributed by atoms with E-state index in [-0.39, 0.29) is 5.92 Å². The van der Waals surface area contributed by atoms with Crippen LogP contribution in [0.25, 0.3) is 0 Å². The Bertz CT molecular complexity index is 426. The Morgan fingerprint density at radius 3 is 2.30 bits per heavy atom. The van der Waals surface area contributed by atoms with Gasteiger partial charge in [-0.25, -0.2) is 0 Å². The Labute approximate surface area is 122 Å². The lowest BCUT2D eigenvalue weighted by Crippen LogP contribution is -2.24. The molecule has 0 aliphatic carbocycles. The van der Waals surface area contributed by atoms with Crippen molar-refractivity contribution in [3.63, 3.8) is 0 Å². The van der Waals surface area contributed by atoms with Crippen LogP contribution in [0.15, 0.2) is 12.1 Å². The zero-order chi connectivity index (χ0) is 15.3. The third kappa shape index (κ3) is 4.22. The first kappa shape index (κ1) is 17.0. The molecule has 114 valence electrons. The molecule has 0 saturated heterocycles. The van der Waals surface area contributed by atoms with Crippen LogP contribution in [-0.4, -0.2) is 29.0 Å². The van der Waals surface area contributed by atoms with Crippen molar-refractivity contribution in [1.29, 1.82) is 0 Å². The normalized spacial score (nSPS) is 15.8. The zero-order valence-corrected chi connectivity index (χ0v) is 13.3. The Morgan fingerprint density at radius 2 is 1.75 bits per heavy atom. The van der Waals surface area contributed by atoms with E-state index in [1.807, 2.05) is 6.07 Å². The van der Waals surface area contributed by atoms with Crippen molar-refractivity contribution in [2.24, 2.45) is 0 Å². The average molecular weight is 280 g/mol. The lowest BCUT2D eigenvalue weighted by Gasteiger charge is -2.22. The summed E-state index contributed by atoms with van der Waals surface area (Å²) in [5, 5.41) is 19.2. The second-order valence-electron chi connectivity index (χ2n) is 5.70. The summed E-state index contributed by atoms with van der Waals surface area (Å²) in [4.78, 5) is 0. The molecule has 1 aromatic rings. The molecule has 2 N–H and O–H groups in total. The van der Waals surface area contributed by atoms with Crippen LogP contribution in [0.3, 0.4) is 0 Å². The molecule has 0 bridgehead atoms. The van der Waals surface area contributed by atoms with Crippen molar-refractivity contribution < 1.29 is 14.9 Å². The highest BCUT2D eigenvalue weighted by Gasteiger charge is 2.19. The standard InChI is InChI=1S/C17H28O3/c1-6-9-20-17-8-7-15(12(3)13(17)4)11(2)10-16(19)14(5)18/h7-8,11,14,16,18-19H,6,9-10H2,1-5H3. The van der Waals surface area contributed by atoms with E-state index in [1.54, 1.807) is 6.92 Å². The van der Waals surface area contributed by atoms with Gasteiger partial charge in [0.2, 0.25) is 0 Å². The van der Waals surface area contributed by atoms with Crippen LogP contribution in [0.2, 0.25) is 0 Å². The Hall–Kier alpha value is -1.06. The van der Waals surface area contributed by atoms with Gasteiger partial charge >= 0.3 is 0 Å². The van der Waals surface area contributed by atoms with Crippen LogP contribution in [-0.2, 0) is 0 Å². The quantitative estimate of drug-likeness (QED) is 0.805. The Kier molecular flexibility index (Phi) is 6.50. The van der Waals surface area contributed by atoms with E-state index in [2.05, 4.69) is 33.8 Å². The number of aliphatic hydroxyl groups is 2. The largest absolute Gasteiger partial charge is 0.493 e. The summed E-state index contributed by atoms with van der Waals surface area (Å²) < 4.78 is 5.73. The number of aliphatic hydroxyl groups excluding tert-OH is 2. The number of hydrogen-bond acceptors (Lipinski definition) is 3. The van der Waals surface area contributed by atoms with Gasteiger partial charge in [0.15, 0.2) is 0 Å². The van der Waals surface area contributed by atoms with Crippen molar-refractivity contribution in [2.45, 2.75) is 65.6 Å². The highest BCUT2D eigenvalue weighted by molar-refractivity contribution is 5.44.